The lowest BCUT2D eigenvalue weighted by atomic mass is 9.95. The first-order valence-electron chi connectivity index (χ1n) is 10.7. The van der Waals surface area contributed by atoms with Crippen LogP contribution in [-0.4, -0.2) is 50.2 Å². The van der Waals surface area contributed by atoms with Crippen molar-refractivity contribution in [3.63, 3.8) is 0 Å². The first-order valence-corrected chi connectivity index (χ1v) is 10.7. The first kappa shape index (κ1) is 19.9. The summed E-state index contributed by atoms with van der Waals surface area (Å²) in [6, 6.07) is 19.1. The summed E-state index contributed by atoms with van der Waals surface area (Å²) in [4.78, 5) is 17.4. The number of likely N-dealkylation sites (tertiary alicyclic amines) is 1. The predicted octanol–water partition coefficient (Wildman–Crippen LogP) is 3.05. The molecule has 2 aliphatic rings. The SMILES string of the molecule is O=C(NCc1ccc(N2CCOCC2)cc1)C1CCN(Cc2ccccc2)CC1. The minimum Gasteiger partial charge on any atom is -0.378 e. The first-order chi connectivity index (χ1) is 14.3. The Morgan fingerprint density at radius 2 is 1.59 bits per heavy atom. The van der Waals surface area contributed by atoms with Crippen LogP contribution in [0.2, 0.25) is 0 Å². The number of amides is 1. The van der Waals surface area contributed by atoms with Crippen molar-refractivity contribution in [2.24, 2.45) is 5.92 Å². The fraction of sp³-hybridized carbons (Fsp3) is 0.458. The van der Waals surface area contributed by atoms with Crippen LogP contribution in [0.15, 0.2) is 54.6 Å². The molecule has 0 unspecified atom stereocenters. The van der Waals surface area contributed by atoms with E-state index in [4.69, 9.17) is 4.74 Å². The van der Waals surface area contributed by atoms with Gasteiger partial charge in [-0.2, -0.15) is 0 Å². The number of hydrogen-bond donors (Lipinski definition) is 1. The van der Waals surface area contributed by atoms with Gasteiger partial charge in [0, 0.05) is 37.8 Å². The molecule has 1 N–H and O–H groups in total. The number of carbonyl (C=O) groups is 1. The van der Waals surface area contributed by atoms with Crippen molar-refractivity contribution in [1.29, 1.82) is 0 Å². The number of anilines is 1. The molecule has 5 heteroatoms. The van der Waals surface area contributed by atoms with Crippen LogP contribution in [0.25, 0.3) is 0 Å². The molecule has 2 aromatic rings. The Morgan fingerprint density at radius 1 is 0.897 bits per heavy atom. The van der Waals surface area contributed by atoms with Crippen molar-refractivity contribution in [2.75, 3.05) is 44.3 Å². The number of morpholine rings is 1. The summed E-state index contributed by atoms with van der Waals surface area (Å²) in [6.07, 6.45) is 1.88. The second kappa shape index (κ2) is 9.90. The van der Waals surface area contributed by atoms with E-state index in [1.54, 1.807) is 0 Å². The van der Waals surface area contributed by atoms with Gasteiger partial charge in [0.1, 0.15) is 0 Å². The lowest BCUT2D eigenvalue weighted by molar-refractivity contribution is -0.126. The number of hydrogen-bond acceptors (Lipinski definition) is 4. The predicted molar refractivity (Wildman–Crippen MR) is 116 cm³/mol. The highest BCUT2D eigenvalue weighted by atomic mass is 16.5. The molecule has 2 aliphatic heterocycles. The number of carbonyl (C=O) groups excluding carboxylic acids is 1. The highest BCUT2D eigenvalue weighted by Gasteiger charge is 2.24. The molecule has 5 nitrogen and oxygen atoms in total. The second-order valence-electron chi connectivity index (χ2n) is 8.02. The summed E-state index contributed by atoms with van der Waals surface area (Å²) in [5, 5.41) is 3.14. The van der Waals surface area contributed by atoms with Crippen molar-refractivity contribution in [2.45, 2.75) is 25.9 Å². The Hall–Kier alpha value is -2.37. The van der Waals surface area contributed by atoms with Crippen molar-refractivity contribution >= 4 is 11.6 Å². The maximum absolute atomic E-state index is 12.6. The highest BCUT2D eigenvalue weighted by molar-refractivity contribution is 5.78. The number of ether oxygens (including phenoxy) is 1. The number of nitrogens with one attached hydrogen (secondary N) is 1. The Labute approximate surface area is 173 Å². The molecular weight excluding hydrogens is 362 g/mol. The van der Waals surface area contributed by atoms with Crippen molar-refractivity contribution in [3.8, 4) is 0 Å². The fourth-order valence-electron chi connectivity index (χ4n) is 4.17. The zero-order chi connectivity index (χ0) is 19.9. The van der Waals surface area contributed by atoms with E-state index in [-0.39, 0.29) is 11.8 Å². The Bertz CT molecular complexity index is 764. The van der Waals surface area contributed by atoms with Gasteiger partial charge in [0.15, 0.2) is 0 Å². The molecule has 0 saturated carbocycles. The summed E-state index contributed by atoms with van der Waals surface area (Å²) in [6.45, 7) is 7.03. The van der Waals surface area contributed by atoms with Gasteiger partial charge in [-0.3, -0.25) is 9.69 Å². The zero-order valence-corrected chi connectivity index (χ0v) is 17.1. The van der Waals surface area contributed by atoms with Crippen molar-refractivity contribution < 1.29 is 9.53 Å². The van der Waals surface area contributed by atoms with Gasteiger partial charge in [0.05, 0.1) is 13.2 Å². The molecule has 0 spiro atoms. The maximum atomic E-state index is 12.6. The third-order valence-electron chi connectivity index (χ3n) is 5.99. The molecule has 0 aromatic heterocycles. The maximum Gasteiger partial charge on any atom is 0.223 e. The molecule has 154 valence electrons. The van der Waals surface area contributed by atoms with Gasteiger partial charge < -0.3 is 15.0 Å². The lowest BCUT2D eigenvalue weighted by Crippen LogP contribution is -2.40. The smallest absolute Gasteiger partial charge is 0.223 e. The van der Waals surface area contributed by atoms with Gasteiger partial charge >= 0.3 is 0 Å². The molecule has 2 aromatic carbocycles. The van der Waals surface area contributed by atoms with Crippen LogP contribution < -0.4 is 10.2 Å². The monoisotopic (exact) mass is 393 g/mol. The van der Waals surface area contributed by atoms with E-state index >= 15 is 0 Å². The van der Waals surface area contributed by atoms with E-state index in [0.29, 0.717) is 6.54 Å². The zero-order valence-electron chi connectivity index (χ0n) is 17.1. The molecule has 0 aliphatic carbocycles. The average Bonchev–Trinajstić information content (AvgIpc) is 2.80. The highest BCUT2D eigenvalue weighted by Crippen LogP contribution is 2.20. The van der Waals surface area contributed by atoms with Crippen LogP contribution in [0.5, 0.6) is 0 Å². The molecule has 29 heavy (non-hydrogen) atoms. The van der Waals surface area contributed by atoms with Crippen LogP contribution >= 0.6 is 0 Å². The van der Waals surface area contributed by atoms with Gasteiger partial charge in [-0.25, -0.2) is 0 Å². The molecule has 0 bridgehead atoms. The number of nitrogens with zero attached hydrogens (tertiary/aromatic N) is 2. The van der Waals surface area contributed by atoms with E-state index in [0.717, 1.165) is 64.3 Å². The summed E-state index contributed by atoms with van der Waals surface area (Å²) in [5.41, 5.74) is 3.72. The summed E-state index contributed by atoms with van der Waals surface area (Å²) < 4.78 is 5.41. The average molecular weight is 394 g/mol. The van der Waals surface area contributed by atoms with Crippen LogP contribution in [0.1, 0.15) is 24.0 Å². The molecular formula is C24H31N3O2. The summed E-state index contributed by atoms with van der Waals surface area (Å²) in [7, 11) is 0. The van der Waals surface area contributed by atoms with E-state index in [1.807, 2.05) is 0 Å². The van der Waals surface area contributed by atoms with E-state index in [1.165, 1.54) is 11.3 Å². The van der Waals surface area contributed by atoms with Gasteiger partial charge in [0.2, 0.25) is 5.91 Å². The van der Waals surface area contributed by atoms with Gasteiger partial charge in [-0.15, -0.1) is 0 Å². The molecule has 4 rings (SSSR count). The lowest BCUT2D eigenvalue weighted by Gasteiger charge is -2.31. The standard InChI is InChI=1S/C24H31N3O2/c28-24(22-10-12-26(13-11-22)19-21-4-2-1-3-5-21)25-18-20-6-8-23(9-7-20)27-14-16-29-17-15-27/h1-9,22H,10-19H2,(H,25,28). The molecule has 1 amide bonds. The van der Waals surface area contributed by atoms with E-state index < -0.39 is 0 Å². The Balaban J connectivity index is 1.20. The number of benzene rings is 2. The topological polar surface area (TPSA) is 44.8 Å². The van der Waals surface area contributed by atoms with Gasteiger partial charge in [0.25, 0.3) is 0 Å². The number of rotatable bonds is 6. The van der Waals surface area contributed by atoms with Crippen LogP contribution in [0, 0.1) is 5.92 Å². The molecule has 2 saturated heterocycles. The van der Waals surface area contributed by atoms with Crippen molar-refractivity contribution in [1.82, 2.24) is 10.2 Å². The Kier molecular flexibility index (Phi) is 6.80. The summed E-state index contributed by atoms with van der Waals surface area (Å²) >= 11 is 0. The second-order valence-corrected chi connectivity index (χ2v) is 8.02. The molecule has 0 atom stereocenters. The van der Waals surface area contributed by atoms with Gasteiger partial charge in [-0.05, 0) is 49.2 Å². The van der Waals surface area contributed by atoms with Crippen LogP contribution in [-0.2, 0) is 22.6 Å². The Morgan fingerprint density at radius 3 is 2.28 bits per heavy atom. The minimum atomic E-state index is 0.134. The quantitative estimate of drug-likeness (QED) is 0.819. The minimum absolute atomic E-state index is 0.134. The third-order valence-corrected chi connectivity index (χ3v) is 5.99. The molecule has 2 heterocycles. The fourth-order valence-corrected chi connectivity index (χ4v) is 4.17. The number of piperidine rings is 1. The molecule has 2 fully saturated rings. The third kappa shape index (κ3) is 5.58. The normalized spacial score (nSPS) is 18.6. The summed E-state index contributed by atoms with van der Waals surface area (Å²) in [5.74, 6) is 0.330. The van der Waals surface area contributed by atoms with Crippen LogP contribution in [0.3, 0.4) is 0 Å². The van der Waals surface area contributed by atoms with Crippen LogP contribution in [0.4, 0.5) is 5.69 Å². The van der Waals surface area contributed by atoms with E-state index in [9.17, 15) is 4.79 Å². The van der Waals surface area contributed by atoms with E-state index in [2.05, 4.69) is 69.7 Å². The van der Waals surface area contributed by atoms with Crippen molar-refractivity contribution in [3.05, 3.63) is 65.7 Å². The van der Waals surface area contributed by atoms with Gasteiger partial charge in [-0.1, -0.05) is 42.5 Å². The molecule has 0 radical (unpaired) electrons. The largest absolute Gasteiger partial charge is 0.378 e.